The summed E-state index contributed by atoms with van der Waals surface area (Å²) in [5.74, 6) is 0.908. The Morgan fingerprint density at radius 3 is 2.88 bits per heavy atom. The molecule has 86 valence electrons. The monoisotopic (exact) mass is 245 g/mol. The van der Waals surface area contributed by atoms with Gasteiger partial charge in [0.2, 0.25) is 0 Å². The standard InChI is InChI=1S/C14H12ClNO/c15-11-5-3-4-10(8-11)13-9-17-14-7-2-1-6-12(14)16-13/h1-8,13,16H,9H2/t13-/m0/s1. The van der Waals surface area contributed by atoms with Crippen LogP contribution in [0, 0.1) is 0 Å². The zero-order chi connectivity index (χ0) is 11.7. The molecule has 0 fully saturated rings. The summed E-state index contributed by atoms with van der Waals surface area (Å²) in [5.41, 5.74) is 2.18. The molecular weight excluding hydrogens is 234 g/mol. The van der Waals surface area contributed by atoms with Gasteiger partial charge in [-0.2, -0.15) is 0 Å². The third-order valence-corrected chi connectivity index (χ3v) is 3.11. The average molecular weight is 246 g/mol. The summed E-state index contributed by atoms with van der Waals surface area (Å²) >= 11 is 6.00. The molecule has 0 unspecified atom stereocenters. The van der Waals surface area contributed by atoms with Crippen molar-refractivity contribution < 1.29 is 4.74 Å². The average Bonchev–Trinajstić information content (AvgIpc) is 2.38. The lowest BCUT2D eigenvalue weighted by atomic mass is 10.1. The van der Waals surface area contributed by atoms with E-state index in [4.69, 9.17) is 16.3 Å². The first kappa shape index (κ1) is 10.5. The predicted octanol–water partition coefficient (Wildman–Crippen LogP) is 3.89. The summed E-state index contributed by atoms with van der Waals surface area (Å²) in [5, 5.41) is 4.21. The number of para-hydroxylation sites is 2. The summed E-state index contributed by atoms with van der Waals surface area (Å²) in [7, 11) is 0. The molecule has 1 aliphatic rings. The quantitative estimate of drug-likeness (QED) is 0.823. The van der Waals surface area contributed by atoms with Crippen molar-refractivity contribution in [3.8, 4) is 5.75 Å². The van der Waals surface area contributed by atoms with Gasteiger partial charge in [0.25, 0.3) is 0 Å². The Kier molecular flexibility index (Phi) is 2.65. The number of fused-ring (bicyclic) bond motifs is 1. The number of benzene rings is 2. The number of anilines is 1. The Hall–Kier alpha value is -1.67. The van der Waals surface area contributed by atoms with Gasteiger partial charge in [-0.15, -0.1) is 0 Å². The Balaban J connectivity index is 1.89. The van der Waals surface area contributed by atoms with E-state index in [1.807, 2.05) is 42.5 Å². The van der Waals surface area contributed by atoms with Crippen LogP contribution in [0.5, 0.6) is 5.75 Å². The summed E-state index contributed by atoms with van der Waals surface area (Å²) in [4.78, 5) is 0. The largest absolute Gasteiger partial charge is 0.489 e. The van der Waals surface area contributed by atoms with Gasteiger partial charge < -0.3 is 10.1 Å². The number of halogens is 1. The smallest absolute Gasteiger partial charge is 0.142 e. The molecule has 3 heteroatoms. The van der Waals surface area contributed by atoms with Crippen LogP contribution in [0.2, 0.25) is 5.02 Å². The van der Waals surface area contributed by atoms with Crippen LogP contribution in [0.3, 0.4) is 0 Å². The highest BCUT2D eigenvalue weighted by Gasteiger charge is 2.19. The fraction of sp³-hybridized carbons (Fsp3) is 0.143. The Morgan fingerprint density at radius 2 is 2.00 bits per heavy atom. The molecule has 1 heterocycles. The molecule has 2 aromatic rings. The molecule has 2 aromatic carbocycles. The molecular formula is C14H12ClNO. The lowest BCUT2D eigenvalue weighted by Gasteiger charge is -2.27. The normalized spacial score (nSPS) is 17.8. The second-order valence-corrected chi connectivity index (χ2v) is 4.50. The fourth-order valence-electron chi connectivity index (χ4n) is 2.02. The van der Waals surface area contributed by atoms with Crippen LogP contribution in [-0.2, 0) is 0 Å². The molecule has 1 atom stereocenters. The van der Waals surface area contributed by atoms with Crippen molar-refractivity contribution in [2.24, 2.45) is 0 Å². The second kappa shape index (κ2) is 4.30. The minimum Gasteiger partial charge on any atom is -0.489 e. The number of ether oxygens (including phenoxy) is 1. The lowest BCUT2D eigenvalue weighted by molar-refractivity contribution is 0.286. The highest BCUT2D eigenvalue weighted by molar-refractivity contribution is 6.30. The fourth-order valence-corrected chi connectivity index (χ4v) is 2.22. The van der Waals surface area contributed by atoms with E-state index in [0.717, 1.165) is 22.0 Å². The van der Waals surface area contributed by atoms with E-state index in [9.17, 15) is 0 Å². The van der Waals surface area contributed by atoms with E-state index in [2.05, 4.69) is 11.4 Å². The second-order valence-electron chi connectivity index (χ2n) is 4.06. The first-order chi connectivity index (χ1) is 8.33. The predicted molar refractivity (Wildman–Crippen MR) is 69.8 cm³/mol. The van der Waals surface area contributed by atoms with Crippen molar-refractivity contribution in [1.29, 1.82) is 0 Å². The van der Waals surface area contributed by atoms with Crippen LogP contribution in [0.15, 0.2) is 48.5 Å². The molecule has 0 aliphatic carbocycles. The molecule has 2 nitrogen and oxygen atoms in total. The van der Waals surface area contributed by atoms with Gasteiger partial charge in [0.15, 0.2) is 0 Å². The third-order valence-electron chi connectivity index (χ3n) is 2.87. The van der Waals surface area contributed by atoms with E-state index >= 15 is 0 Å². The van der Waals surface area contributed by atoms with Gasteiger partial charge in [-0.05, 0) is 29.8 Å². The van der Waals surface area contributed by atoms with Gasteiger partial charge in [-0.25, -0.2) is 0 Å². The van der Waals surface area contributed by atoms with Crippen molar-refractivity contribution >= 4 is 17.3 Å². The summed E-state index contributed by atoms with van der Waals surface area (Å²) in [6.07, 6.45) is 0. The van der Waals surface area contributed by atoms with Gasteiger partial charge in [-0.3, -0.25) is 0 Å². The molecule has 0 spiro atoms. The van der Waals surface area contributed by atoms with Crippen LogP contribution in [0.1, 0.15) is 11.6 Å². The van der Waals surface area contributed by atoms with Crippen molar-refractivity contribution in [2.45, 2.75) is 6.04 Å². The van der Waals surface area contributed by atoms with Gasteiger partial charge in [-0.1, -0.05) is 35.9 Å². The number of hydrogen-bond donors (Lipinski definition) is 1. The minimum absolute atomic E-state index is 0.156. The van der Waals surface area contributed by atoms with Crippen molar-refractivity contribution in [1.82, 2.24) is 0 Å². The van der Waals surface area contributed by atoms with Crippen LogP contribution in [-0.4, -0.2) is 6.61 Å². The van der Waals surface area contributed by atoms with Gasteiger partial charge in [0, 0.05) is 5.02 Å². The van der Waals surface area contributed by atoms with Crippen LogP contribution in [0.4, 0.5) is 5.69 Å². The Bertz CT molecular complexity index is 541. The molecule has 0 amide bonds. The maximum atomic E-state index is 6.00. The van der Waals surface area contributed by atoms with Crippen LogP contribution in [0.25, 0.3) is 0 Å². The summed E-state index contributed by atoms with van der Waals surface area (Å²) < 4.78 is 5.72. The topological polar surface area (TPSA) is 21.3 Å². The SMILES string of the molecule is Clc1cccc([C@@H]2COc3ccccc3N2)c1. The highest BCUT2D eigenvalue weighted by Crippen LogP contribution is 2.33. The molecule has 0 saturated heterocycles. The summed E-state index contributed by atoms with van der Waals surface area (Å²) in [6.45, 7) is 0.622. The third kappa shape index (κ3) is 2.08. The van der Waals surface area contributed by atoms with E-state index in [0.29, 0.717) is 6.61 Å². The van der Waals surface area contributed by atoms with Gasteiger partial charge in [0.05, 0.1) is 11.7 Å². The molecule has 0 aromatic heterocycles. The minimum atomic E-state index is 0.156. The van der Waals surface area contributed by atoms with Crippen molar-refractivity contribution in [3.05, 3.63) is 59.1 Å². The molecule has 0 saturated carbocycles. The molecule has 17 heavy (non-hydrogen) atoms. The highest BCUT2D eigenvalue weighted by atomic mass is 35.5. The number of rotatable bonds is 1. The Morgan fingerprint density at radius 1 is 1.12 bits per heavy atom. The molecule has 1 aliphatic heterocycles. The van der Waals surface area contributed by atoms with Crippen LogP contribution < -0.4 is 10.1 Å². The van der Waals surface area contributed by atoms with Crippen LogP contribution >= 0.6 is 11.6 Å². The van der Waals surface area contributed by atoms with E-state index in [1.165, 1.54) is 0 Å². The number of hydrogen-bond acceptors (Lipinski definition) is 2. The molecule has 3 rings (SSSR count). The van der Waals surface area contributed by atoms with E-state index in [1.54, 1.807) is 0 Å². The molecule has 1 N–H and O–H groups in total. The maximum absolute atomic E-state index is 6.00. The first-order valence-corrected chi connectivity index (χ1v) is 5.94. The maximum Gasteiger partial charge on any atom is 0.142 e. The lowest BCUT2D eigenvalue weighted by Crippen LogP contribution is -2.23. The zero-order valence-electron chi connectivity index (χ0n) is 9.19. The van der Waals surface area contributed by atoms with Gasteiger partial charge in [0.1, 0.15) is 12.4 Å². The van der Waals surface area contributed by atoms with Gasteiger partial charge >= 0.3 is 0 Å². The van der Waals surface area contributed by atoms with E-state index in [-0.39, 0.29) is 6.04 Å². The zero-order valence-corrected chi connectivity index (χ0v) is 9.95. The Labute approximate surface area is 105 Å². The van der Waals surface area contributed by atoms with Crippen molar-refractivity contribution in [3.63, 3.8) is 0 Å². The molecule has 0 radical (unpaired) electrons. The number of nitrogens with one attached hydrogen (secondary N) is 1. The molecule has 0 bridgehead atoms. The summed E-state index contributed by atoms with van der Waals surface area (Å²) in [6, 6.07) is 16.0. The first-order valence-electron chi connectivity index (χ1n) is 5.57. The van der Waals surface area contributed by atoms with E-state index < -0.39 is 0 Å². The van der Waals surface area contributed by atoms with Crippen molar-refractivity contribution in [2.75, 3.05) is 11.9 Å².